The summed E-state index contributed by atoms with van der Waals surface area (Å²) < 4.78 is 37.6. The standard InChI is InChI=1S/C11H9F3N2O2S/c12-11(13,14)6-15-9(17)5-16-3-1-8-7(10(16)18)2-4-19-8/h1-4H,5-6H2,(H,15,17). The number of alkyl halides is 3. The quantitative estimate of drug-likeness (QED) is 0.936. The summed E-state index contributed by atoms with van der Waals surface area (Å²) in [5, 5.41) is 3.91. The monoisotopic (exact) mass is 290 g/mol. The summed E-state index contributed by atoms with van der Waals surface area (Å²) in [6.45, 7) is -1.83. The maximum atomic E-state index is 11.9. The van der Waals surface area contributed by atoms with E-state index < -0.39 is 25.2 Å². The maximum absolute atomic E-state index is 11.9. The Morgan fingerprint density at radius 2 is 2.11 bits per heavy atom. The maximum Gasteiger partial charge on any atom is 0.405 e. The summed E-state index contributed by atoms with van der Waals surface area (Å²) in [7, 11) is 0. The van der Waals surface area contributed by atoms with E-state index in [9.17, 15) is 22.8 Å². The lowest BCUT2D eigenvalue weighted by Gasteiger charge is -2.09. The van der Waals surface area contributed by atoms with Gasteiger partial charge in [0.15, 0.2) is 0 Å². The Kier molecular flexibility index (Phi) is 3.61. The van der Waals surface area contributed by atoms with Crippen LogP contribution in [0.25, 0.3) is 10.1 Å². The van der Waals surface area contributed by atoms with Gasteiger partial charge < -0.3 is 9.88 Å². The Bertz CT molecular complexity index is 660. The van der Waals surface area contributed by atoms with Gasteiger partial charge in [0.2, 0.25) is 5.91 Å². The van der Waals surface area contributed by atoms with Gasteiger partial charge in [-0.15, -0.1) is 11.3 Å². The van der Waals surface area contributed by atoms with Gasteiger partial charge >= 0.3 is 6.18 Å². The summed E-state index contributed by atoms with van der Waals surface area (Å²) in [4.78, 5) is 23.2. The summed E-state index contributed by atoms with van der Waals surface area (Å²) in [5.74, 6) is -0.853. The molecule has 0 spiro atoms. The van der Waals surface area contributed by atoms with Crippen molar-refractivity contribution < 1.29 is 18.0 Å². The lowest BCUT2D eigenvalue weighted by Crippen LogP contribution is -2.37. The number of amides is 1. The summed E-state index contributed by atoms with van der Waals surface area (Å²) >= 11 is 1.38. The van der Waals surface area contributed by atoms with E-state index in [0.717, 1.165) is 9.27 Å². The molecule has 2 aromatic heterocycles. The molecule has 0 aromatic carbocycles. The minimum Gasteiger partial charge on any atom is -0.345 e. The molecule has 0 bridgehead atoms. The minimum atomic E-state index is -4.46. The first-order valence-electron chi connectivity index (χ1n) is 5.27. The van der Waals surface area contributed by atoms with Crippen molar-refractivity contribution in [2.75, 3.05) is 6.54 Å². The van der Waals surface area contributed by atoms with Crippen LogP contribution in [-0.2, 0) is 11.3 Å². The normalized spacial score (nSPS) is 11.7. The molecule has 19 heavy (non-hydrogen) atoms. The second-order valence-electron chi connectivity index (χ2n) is 3.84. The highest BCUT2D eigenvalue weighted by atomic mass is 32.1. The molecule has 1 amide bonds. The fourth-order valence-corrected chi connectivity index (χ4v) is 2.31. The molecular weight excluding hydrogens is 281 g/mol. The second kappa shape index (κ2) is 5.04. The molecule has 0 unspecified atom stereocenters. The molecule has 0 aliphatic rings. The van der Waals surface area contributed by atoms with Crippen molar-refractivity contribution in [2.24, 2.45) is 0 Å². The summed E-state index contributed by atoms with van der Waals surface area (Å²) in [5.41, 5.74) is -0.388. The molecule has 2 aromatic rings. The van der Waals surface area contributed by atoms with Gasteiger partial charge in [-0.1, -0.05) is 0 Å². The van der Waals surface area contributed by atoms with Crippen LogP contribution in [0.2, 0.25) is 0 Å². The number of rotatable bonds is 3. The molecular formula is C11H9F3N2O2S. The Morgan fingerprint density at radius 1 is 1.37 bits per heavy atom. The number of hydrogen-bond donors (Lipinski definition) is 1. The first-order chi connectivity index (χ1) is 8.87. The molecule has 8 heteroatoms. The number of halogens is 3. The van der Waals surface area contributed by atoms with E-state index >= 15 is 0 Å². The van der Waals surface area contributed by atoms with E-state index in [-0.39, 0.29) is 5.56 Å². The van der Waals surface area contributed by atoms with Crippen LogP contribution in [0.4, 0.5) is 13.2 Å². The molecule has 0 atom stereocenters. The highest BCUT2D eigenvalue weighted by Gasteiger charge is 2.27. The van der Waals surface area contributed by atoms with Gasteiger partial charge in [0.1, 0.15) is 13.1 Å². The first-order valence-corrected chi connectivity index (χ1v) is 6.15. The third-order valence-electron chi connectivity index (χ3n) is 2.39. The van der Waals surface area contributed by atoms with Gasteiger partial charge in [-0.3, -0.25) is 9.59 Å². The number of hydrogen-bond acceptors (Lipinski definition) is 3. The van der Waals surface area contributed by atoms with E-state index in [1.807, 2.05) is 0 Å². The van der Waals surface area contributed by atoms with Gasteiger partial charge in [0.25, 0.3) is 5.56 Å². The molecule has 0 aliphatic carbocycles. The average molecular weight is 290 g/mol. The molecule has 2 heterocycles. The zero-order valence-corrected chi connectivity index (χ0v) is 10.3. The van der Waals surface area contributed by atoms with E-state index in [2.05, 4.69) is 0 Å². The number of thiophene rings is 1. The van der Waals surface area contributed by atoms with Crippen LogP contribution in [0, 0.1) is 0 Å². The van der Waals surface area contributed by atoms with Crippen LogP contribution >= 0.6 is 11.3 Å². The zero-order chi connectivity index (χ0) is 14.0. The third kappa shape index (κ3) is 3.34. The van der Waals surface area contributed by atoms with Crippen LogP contribution in [0.5, 0.6) is 0 Å². The van der Waals surface area contributed by atoms with E-state index in [1.165, 1.54) is 17.5 Å². The Balaban J connectivity index is 2.11. The van der Waals surface area contributed by atoms with Crippen molar-refractivity contribution in [3.05, 3.63) is 34.1 Å². The highest BCUT2D eigenvalue weighted by Crippen LogP contribution is 2.16. The second-order valence-corrected chi connectivity index (χ2v) is 4.79. The van der Waals surface area contributed by atoms with Crippen molar-refractivity contribution in [1.29, 1.82) is 0 Å². The summed E-state index contributed by atoms with van der Waals surface area (Å²) in [6.07, 6.45) is -3.06. The lowest BCUT2D eigenvalue weighted by molar-refractivity contribution is -0.138. The van der Waals surface area contributed by atoms with Crippen molar-refractivity contribution >= 4 is 27.3 Å². The number of fused-ring (bicyclic) bond motifs is 1. The number of pyridine rings is 1. The van der Waals surface area contributed by atoms with E-state index in [4.69, 9.17) is 0 Å². The molecule has 0 aliphatic heterocycles. The van der Waals surface area contributed by atoms with Crippen molar-refractivity contribution in [1.82, 2.24) is 9.88 Å². The molecule has 1 N–H and O–H groups in total. The Hall–Kier alpha value is -1.83. The molecule has 4 nitrogen and oxygen atoms in total. The van der Waals surface area contributed by atoms with E-state index in [1.54, 1.807) is 22.8 Å². The topological polar surface area (TPSA) is 51.1 Å². The van der Waals surface area contributed by atoms with Gasteiger partial charge in [-0.05, 0) is 17.5 Å². The van der Waals surface area contributed by atoms with Crippen LogP contribution in [-0.4, -0.2) is 23.2 Å². The number of aromatic nitrogens is 1. The highest BCUT2D eigenvalue weighted by molar-refractivity contribution is 7.17. The van der Waals surface area contributed by atoms with E-state index in [0.29, 0.717) is 5.39 Å². The van der Waals surface area contributed by atoms with Gasteiger partial charge in [0.05, 0.1) is 5.39 Å². The van der Waals surface area contributed by atoms with Crippen molar-refractivity contribution in [3.8, 4) is 0 Å². The third-order valence-corrected chi connectivity index (χ3v) is 3.27. The van der Waals surface area contributed by atoms with Crippen LogP contribution in [0.3, 0.4) is 0 Å². The molecule has 2 rings (SSSR count). The minimum absolute atomic E-state index is 0.388. The zero-order valence-electron chi connectivity index (χ0n) is 9.53. The average Bonchev–Trinajstić information content (AvgIpc) is 2.78. The van der Waals surface area contributed by atoms with Crippen molar-refractivity contribution in [3.63, 3.8) is 0 Å². The van der Waals surface area contributed by atoms with Crippen molar-refractivity contribution in [2.45, 2.75) is 12.7 Å². The van der Waals surface area contributed by atoms with Gasteiger partial charge in [-0.2, -0.15) is 13.2 Å². The summed E-state index contributed by atoms with van der Waals surface area (Å²) in [6, 6.07) is 3.27. The molecule has 0 fully saturated rings. The Labute approximate surface area is 109 Å². The molecule has 0 saturated carbocycles. The van der Waals surface area contributed by atoms with Crippen LogP contribution in [0.1, 0.15) is 0 Å². The fraction of sp³-hybridized carbons (Fsp3) is 0.273. The number of nitrogens with one attached hydrogen (secondary N) is 1. The number of carbonyl (C=O) groups is 1. The smallest absolute Gasteiger partial charge is 0.345 e. The molecule has 0 radical (unpaired) electrons. The van der Waals surface area contributed by atoms with Gasteiger partial charge in [0, 0.05) is 10.9 Å². The number of carbonyl (C=O) groups excluding carboxylic acids is 1. The van der Waals surface area contributed by atoms with Crippen LogP contribution in [0.15, 0.2) is 28.5 Å². The largest absolute Gasteiger partial charge is 0.405 e. The predicted octanol–water partition coefficient (Wildman–Crippen LogP) is 1.74. The number of nitrogens with zero attached hydrogens (tertiary/aromatic N) is 1. The SMILES string of the molecule is O=C(Cn1ccc2sccc2c1=O)NCC(F)(F)F. The first kappa shape index (κ1) is 13.6. The molecule has 102 valence electrons. The Morgan fingerprint density at radius 3 is 2.79 bits per heavy atom. The predicted molar refractivity (Wildman–Crippen MR) is 65.1 cm³/mol. The van der Waals surface area contributed by atoms with Crippen LogP contribution < -0.4 is 10.9 Å². The lowest BCUT2D eigenvalue weighted by atomic mass is 10.3. The van der Waals surface area contributed by atoms with Gasteiger partial charge in [-0.25, -0.2) is 0 Å². The molecule has 0 saturated heterocycles. The fourth-order valence-electron chi connectivity index (χ4n) is 1.54.